The van der Waals surface area contributed by atoms with Crippen LogP contribution in [0.2, 0.25) is 0 Å². The van der Waals surface area contributed by atoms with Gasteiger partial charge in [0.05, 0.1) is 23.7 Å². The molecular formula is C15H17N3O2. The smallest absolute Gasteiger partial charge is 0.357 e. The van der Waals surface area contributed by atoms with Gasteiger partial charge in [0, 0.05) is 12.6 Å². The molecule has 5 nitrogen and oxygen atoms in total. The van der Waals surface area contributed by atoms with Gasteiger partial charge in [0.25, 0.3) is 0 Å². The highest BCUT2D eigenvalue weighted by molar-refractivity contribution is 5.93. The van der Waals surface area contributed by atoms with Crippen LogP contribution in [0.1, 0.15) is 17.4 Å². The van der Waals surface area contributed by atoms with E-state index < -0.39 is 5.97 Å². The first-order valence-corrected chi connectivity index (χ1v) is 6.38. The van der Waals surface area contributed by atoms with Crippen LogP contribution in [0, 0.1) is 0 Å². The van der Waals surface area contributed by atoms with Crippen molar-refractivity contribution in [3.8, 4) is 11.3 Å². The van der Waals surface area contributed by atoms with Gasteiger partial charge < -0.3 is 15.8 Å². The summed E-state index contributed by atoms with van der Waals surface area (Å²) < 4.78 is 4.99. The van der Waals surface area contributed by atoms with E-state index in [1.54, 1.807) is 20.0 Å². The second-order valence-electron chi connectivity index (χ2n) is 4.15. The van der Waals surface area contributed by atoms with Crippen molar-refractivity contribution in [1.29, 1.82) is 0 Å². The highest BCUT2D eigenvalue weighted by atomic mass is 16.5. The van der Waals surface area contributed by atoms with Gasteiger partial charge in [0.2, 0.25) is 0 Å². The predicted octanol–water partition coefficient (Wildman–Crippen LogP) is 2.55. The molecule has 0 atom stereocenters. The molecule has 20 heavy (non-hydrogen) atoms. The van der Waals surface area contributed by atoms with Gasteiger partial charge in [-0.3, -0.25) is 0 Å². The molecule has 5 heteroatoms. The van der Waals surface area contributed by atoms with E-state index in [2.05, 4.69) is 10.3 Å². The van der Waals surface area contributed by atoms with Crippen LogP contribution in [0.4, 0.5) is 11.4 Å². The molecule has 104 valence electrons. The third-order valence-corrected chi connectivity index (χ3v) is 2.86. The molecule has 0 aliphatic heterocycles. The van der Waals surface area contributed by atoms with Crippen molar-refractivity contribution in [2.75, 3.05) is 24.7 Å². The van der Waals surface area contributed by atoms with Crippen molar-refractivity contribution in [2.45, 2.75) is 6.92 Å². The van der Waals surface area contributed by atoms with E-state index >= 15 is 0 Å². The summed E-state index contributed by atoms with van der Waals surface area (Å²) in [6.07, 6.45) is 0. The average molecular weight is 271 g/mol. The summed E-state index contributed by atoms with van der Waals surface area (Å²) in [5.74, 6) is -0.457. The van der Waals surface area contributed by atoms with Crippen molar-refractivity contribution in [1.82, 2.24) is 4.98 Å². The Balaban J connectivity index is 2.56. The minimum absolute atomic E-state index is 0.240. The molecule has 1 aromatic carbocycles. The fourth-order valence-corrected chi connectivity index (χ4v) is 1.89. The fourth-order valence-electron chi connectivity index (χ4n) is 1.89. The number of nitrogens with zero attached hydrogens (tertiary/aromatic N) is 1. The number of hydrogen-bond donors (Lipinski definition) is 2. The average Bonchev–Trinajstić information content (AvgIpc) is 2.48. The number of nitrogens with one attached hydrogen (secondary N) is 1. The lowest BCUT2D eigenvalue weighted by molar-refractivity contribution is 0.0520. The summed E-state index contributed by atoms with van der Waals surface area (Å²) in [7, 11) is 1.75. The summed E-state index contributed by atoms with van der Waals surface area (Å²) >= 11 is 0. The third-order valence-electron chi connectivity index (χ3n) is 2.86. The zero-order valence-electron chi connectivity index (χ0n) is 11.5. The number of ether oxygens (including phenoxy) is 1. The Bertz CT molecular complexity index is 612. The zero-order chi connectivity index (χ0) is 14.5. The molecule has 0 spiro atoms. The highest BCUT2D eigenvalue weighted by Gasteiger charge is 2.16. The van der Waals surface area contributed by atoms with Crippen LogP contribution in [0.15, 0.2) is 36.4 Å². The fraction of sp³-hybridized carbons (Fsp3) is 0.200. The van der Waals surface area contributed by atoms with Crippen LogP contribution in [-0.4, -0.2) is 24.6 Å². The van der Waals surface area contributed by atoms with Gasteiger partial charge >= 0.3 is 5.97 Å². The van der Waals surface area contributed by atoms with Crippen molar-refractivity contribution in [3.05, 3.63) is 42.1 Å². The van der Waals surface area contributed by atoms with E-state index in [0.29, 0.717) is 23.7 Å². The predicted molar refractivity (Wildman–Crippen MR) is 79.6 cm³/mol. The number of carbonyl (C=O) groups excluding carboxylic acids is 1. The number of hydrogen-bond acceptors (Lipinski definition) is 5. The largest absolute Gasteiger partial charge is 0.461 e. The van der Waals surface area contributed by atoms with Crippen LogP contribution in [0.25, 0.3) is 11.3 Å². The van der Waals surface area contributed by atoms with Crippen molar-refractivity contribution >= 4 is 17.3 Å². The van der Waals surface area contributed by atoms with Crippen LogP contribution < -0.4 is 11.1 Å². The second-order valence-corrected chi connectivity index (χ2v) is 4.15. The molecule has 2 rings (SSSR count). The molecular weight excluding hydrogens is 254 g/mol. The Labute approximate surface area is 117 Å². The van der Waals surface area contributed by atoms with Crippen LogP contribution >= 0.6 is 0 Å². The lowest BCUT2D eigenvalue weighted by Crippen LogP contribution is -2.10. The molecule has 2 aromatic rings. The number of rotatable bonds is 4. The first-order valence-electron chi connectivity index (χ1n) is 6.38. The van der Waals surface area contributed by atoms with E-state index in [-0.39, 0.29) is 5.69 Å². The molecule has 3 N–H and O–H groups in total. The molecule has 0 fully saturated rings. The van der Waals surface area contributed by atoms with Crippen LogP contribution in [0.5, 0.6) is 0 Å². The van der Waals surface area contributed by atoms with Gasteiger partial charge in [-0.05, 0) is 13.0 Å². The summed E-state index contributed by atoms with van der Waals surface area (Å²) in [5.41, 5.74) is 8.92. The summed E-state index contributed by atoms with van der Waals surface area (Å²) in [4.78, 5) is 16.2. The molecule has 0 radical (unpaired) electrons. The van der Waals surface area contributed by atoms with Crippen LogP contribution in [0.3, 0.4) is 0 Å². The van der Waals surface area contributed by atoms with E-state index in [0.717, 1.165) is 5.56 Å². The molecule has 0 saturated carbocycles. The normalized spacial score (nSPS) is 10.1. The lowest BCUT2D eigenvalue weighted by Gasteiger charge is -2.12. The number of esters is 1. The number of nitrogen functional groups attached to an aromatic ring is 1. The molecule has 0 aliphatic rings. The Kier molecular flexibility index (Phi) is 4.20. The Morgan fingerprint density at radius 3 is 2.65 bits per heavy atom. The molecule has 0 amide bonds. The van der Waals surface area contributed by atoms with E-state index in [1.807, 2.05) is 30.3 Å². The number of pyridine rings is 1. The van der Waals surface area contributed by atoms with Crippen molar-refractivity contribution < 1.29 is 9.53 Å². The number of carbonyl (C=O) groups is 1. The number of benzene rings is 1. The van der Waals surface area contributed by atoms with Gasteiger partial charge in [0.1, 0.15) is 0 Å². The lowest BCUT2D eigenvalue weighted by atomic mass is 10.1. The topological polar surface area (TPSA) is 77.2 Å². The van der Waals surface area contributed by atoms with Crippen molar-refractivity contribution in [3.63, 3.8) is 0 Å². The van der Waals surface area contributed by atoms with E-state index in [9.17, 15) is 4.79 Å². The number of anilines is 2. The minimum Gasteiger partial charge on any atom is -0.461 e. The molecule has 0 bridgehead atoms. The summed E-state index contributed by atoms with van der Waals surface area (Å²) in [5, 5.41) is 2.97. The molecule has 0 saturated heterocycles. The summed E-state index contributed by atoms with van der Waals surface area (Å²) in [6, 6.07) is 11.1. The third kappa shape index (κ3) is 2.71. The van der Waals surface area contributed by atoms with Crippen molar-refractivity contribution in [2.24, 2.45) is 0 Å². The van der Waals surface area contributed by atoms with E-state index in [4.69, 9.17) is 10.5 Å². The summed E-state index contributed by atoms with van der Waals surface area (Å²) in [6.45, 7) is 2.06. The molecule has 0 unspecified atom stereocenters. The molecule has 0 aliphatic carbocycles. The van der Waals surface area contributed by atoms with E-state index in [1.165, 1.54) is 0 Å². The second kappa shape index (κ2) is 6.06. The minimum atomic E-state index is -0.457. The van der Waals surface area contributed by atoms with Gasteiger partial charge in [-0.2, -0.15) is 0 Å². The Morgan fingerprint density at radius 2 is 2.05 bits per heavy atom. The highest BCUT2D eigenvalue weighted by Crippen LogP contribution is 2.30. The van der Waals surface area contributed by atoms with Crippen LogP contribution in [-0.2, 0) is 4.74 Å². The maximum absolute atomic E-state index is 11.9. The SMILES string of the molecule is CCOC(=O)c1cc(NC)c(N)c(-c2ccccc2)n1. The van der Waals surface area contributed by atoms with Gasteiger partial charge in [-0.1, -0.05) is 30.3 Å². The standard InChI is InChI=1S/C15H17N3O2/c1-3-20-15(19)12-9-11(17-2)13(16)14(18-12)10-7-5-4-6-8-10/h4-9H,3,16H2,1-2H3,(H,17,18). The first-order chi connectivity index (χ1) is 9.67. The number of aromatic nitrogens is 1. The molecule has 1 aromatic heterocycles. The monoisotopic (exact) mass is 271 g/mol. The quantitative estimate of drug-likeness (QED) is 0.836. The maximum Gasteiger partial charge on any atom is 0.357 e. The zero-order valence-corrected chi connectivity index (χ0v) is 11.5. The Hall–Kier alpha value is -2.56. The Morgan fingerprint density at radius 1 is 1.35 bits per heavy atom. The number of nitrogens with two attached hydrogens (primary N) is 1. The van der Waals surface area contributed by atoms with Gasteiger partial charge in [-0.15, -0.1) is 0 Å². The maximum atomic E-state index is 11.9. The van der Waals surface area contributed by atoms with Gasteiger partial charge in [-0.25, -0.2) is 9.78 Å². The molecule has 1 heterocycles. The first kappa shape index (κ1) is 13.9. The van der Waals surface area contributed by atoms with Gasteiger partial charge in [0.15, 0.2) is 5.69 Å².